The van der Waals surface area contributed by atoms with Gasteiger partial charge >= 0.3 is 0 Å². The lowest BCUT2D eigenvalue weighted by Crippen LogP contribution is -2.42. The van der Waals surface area contributed by atoms with Crippen LogP contribution in [0.1, 0.15) is 39.8 Å². The summed E-state index contributed by atoms with van der Waals surface area (Å²) in [7, 11) is 0. The van der Waals surface area contributed by atoms with Crippen LogP contribution in [0, 0.1) is 17.6 Å². The average molecular weight is 428 g/mol. The summed E-state index contributed by atoms with van der Waals surface area (Å²) in [4.78, 5) is 19.5. The van der Waals surface area contributed by atoms with Crippen LogP contribution in [0.3, 0.4) is 0 Å². The molecule has 1 aliphatic rings. The number of likely N-dealkylation sites (tertiary alicyclic amines) is 1. The molecule has 2 atom stereocenters. The quantitative estimate of drug-likeness (QED) is 0.614. The van der Waals surface area contributed by atoms with E-state index in [-0.39, 0.29) is 17.9 Å². The van der Waals surface area contributed by atoms with Crippen molar-refractivity contribution in [1.82, 2.24) is 15.2 Å². The third-order valence-corrected chi connectivity index (χ3v) is 6.30. The number of nitrogens with zero attached hydrogens (tertiary/aromatic N) is 2. The smallest absolute Gasteiger partial charge is 0.251 e. The van der Waals surface area contributed by atoms with E-state index < -0.39 is 11.6 Å². The van der Waals surface area contributed by atoms with Crippen LogP contribution in [0.5, 0.6) is 0 Å². The molecule has 0 bridgehead atoms. The van der Waals surface area contributed by atoms with Crippen molar-refractivity contribution in [2.45, 2.75) is 25.4 Å². The molecule has 1 aromatic heterocycles. The van der Waals surface area contributed by atoms with Gasteiger partial charge in [-0.25, -0.2) is 13.8 Å². The standard InChI is InChI=1S/C23H23F2N3OS/c24-19-9-8-16(13-20(19)25)14-28-11-4-7-18(15-28)21(23-26-10-12-30-23)27-22(29)17-5-2-1-3-6-17/h1-3,5-6,8-10,12-13,18,21H,4,7,11,14-15H2,(H,27,29). The summed E-state index contributed by atoms with van der Waals surface area (Å²) < 4.78 is 26.8. The zero-order valence-electron chi connectivity index (χ0n) is 16.4. The lowest BCUT2D eigenvalue weighted by atomic mass is 9.90. The largest absolute Gasteiger partial charge is 0.342 e. The molecule has 156 valence electrons. The fraction of sp³-hybridized carbons (Fsp3) is 0.304. The Hall–Kier alpha value is -2.64. The highest BCUT2D eigenvalue weighted by molar-refractivity contribution is 7.09. The molecule has 2 heterocycles. The first kappa shape index (κ1) is 20.6. The van der Waals surface area contributed by atoms with E-state index in [1.165, 1.54) is 23.5 Å². The number of piperidine rings is 1. The number of amides is 1. The molecular formula is C23H23F2N3OS. The van der Waals surface area contributed by atoms with Gasteiger partial charge in [0.2, 0.25) is 0 Å². The van der Waals surface area contributed by atoms with Crippen molar-refractivity contribution in [3.8, 4) is 0 Å². The third kappa shape index (κ3) is 4.91. The Labute approximate surface area is 178 Å². The van der Waals surface area contributed by atoms with Gasteiger partial charge in [-0.15, -0.1) is 11.3 Å². The number of nitrogens with one attached hydrogen (secondary N) is 1. The maximum absolute atomic E-state index is 13.6. The monoisotopic (exact) mass is 427 g/mol. The molecule has 0 saturated carbocycles. The molecule has 4 rings (SSSR count). The summed E-state index contributed by atoms with van der Waals surface area (Å²) in [5, 5.41) is 5.98. The second-order valence-electron chi connectivity index (χ2n) is 7.57. The van der Waals surface area contributed by atoms with Gasteiger partial charge in [0.1, 0.15) is 5.01 Å². The van der Waals surface area contributed by atoms with Crippen LogP contribution in [0.25, 0.3) is 0 Å². The zero-order chi connectivity index (χ0) is 20.9. The highest BCUT2D eigenvalue weighted by atomic mass is 32.1. The van der Waals surface area contributed by atoms with Crippen molar-refractivity contribution in [2.24, 2.45) is 5.92 Å². The molecule has 4 nitrogen and oxygen atoms in total. The molecule has 1 amide bonds. The van der Waals surface area contributed by atoms with Gasteiger partial charge < -0.3 is 5.32 Å². The highest BCUT2D eigenvalue weighted by Crippen LogP contribution is 2.32. The summed E-state index contributed by atoms with van der Waals surface area (Å²) in [6, 6.07) is 13.0. The molecular weight excluding hydrogens is 404 g/mol. The Morgan fingerprint density at radius 1 is 1.20 bits per heavy atom. The van der Waals surface area contributed by atoms with Gasteiger partial charge in [-0.1, -0.05) is 24.3 Å². The second kappa shape index (κ2) is 9.45. The van der Waals surface area contributed by atoms with Crippen LogP contribution in [0.4, 0.5) is 8.78 Å². The lowest BCUT2D eigenvalue weighted by molar-refractivity contribution is 0.0877. The zero-order valence-corrected chi connectivity index (χ0v) is 17.2. The topological polar surface area (TPSA) is 45.2 Å². The fourth-order valence-electron chi connectivity index (χ4n) is 3.99. The van der Waals surface area contributed by atoms with Crippen molar-refractivity contribution < 1.29 is 13.6 Å². The first-order valence-corrected chi connectivity index (χ1v) is 10.9. The number of hydrogen-bond donors (Lipinski definition) is 1. The number of carbonyl (C=O) groups excluding carboxylic acids is 1. The average Bonchev–Trinajstić information content (AvgIpc) is 3.30. The van der Waals surface area contributed by atoms with Gasteiger partial charge in [0.05, 0.1) is 6.04 Å². The van der Waals surface area contributed by atoms with E-state index in [1.807, 2.05) is 23.6 Å². The Kier molecular flexibility index (Phi) is 6.50. The number of carbonyl (C=O) groups is 1. The Morgan fingerprint density at radius 3 is 2.77 bits per heavy atom. The molecule has 1 N–H and O–H groups in total. The molecule has 0 radical (unpaired) electrons. The molecule has 1 fully saturated rings. The maximum Gasteiger partial charge on any atom is 0.251 e. The summed E-state index contributed by atoms with van der Waals surface area (Å²) in [5.41, 5.74) is 1.36. The molecule has 1 saturated heterocycles. The Morgan fingerprint density at radius 2 is 2.03 bits per heavy atom. The lowest BCUT2D eigenvalue weighted by Gasteiger charge is -2.36. The van der Waals surface area contributed by atoms with E-state index in [4.69, 9.17) is 0 Å². The second-order valence-corrected chi connectivity index (χ2v) is 8.50. The minimum absolute atomic E-state index is 0.117. The van der Waals surface area contributed by atoms with Gasteiger partial charge in [-0.3, -0.25) is 9.69 Å². The number of hydrogen-bond acceptors (Lipinski definition) is 4. The van der Waals surface area contributed by atoms with Crippen LogP contribution >= 0.6 is 11.3 Å². The van der Waals surface area contributed by atoms with Gasteiger partial charge in [-0.2, -0.15) is 0 Å². The molecule has 0 aliphatic carbocycles. The Bertz CT molecular complexity index is 981. The number of rotatable bonds is 6. The summed E-state index contributed by atoms with van der Waals surface area (Å²) in [6.07, 6.45) is 3.69. The third-order valence-electron chi connectivity index (χ3n) is 5.44. The first-order valence-electron chi connectivity index (χ1n) is 10.0. The number of halogens is 2. The maximum atomic E-state index is 13.6. The van der Waals surface area contributed by atoms with E-state index in [2.05, 4.69) is 15.2 Å². The van der Waals surface area contributed by atoms with E-state index in [0.717, 1.165) is 36.5 Å². The van der Waals surface area contributed by atoms with Crippen LogP contribution < -0.4 is 5.32 Å². The molecule has 1 aliphatic heterocycles. The summed E-state index contributed by atoms with van der Waals surface area (Å²) in [5.74, 6) is -1.59. The molecule has 7 heteroatoms. The summed E-state index contributed by atoms with van der Waals surface area (Å²) >= 11 is 1.54. The fourth-order valence-corrected chi connectivity index (χ4v) is 4.77. The van der Waals surface area contributed by atoms with E-state index in [0.29, 0.717) is 12.1 Å². The van der Waals surface area contributed by atoms with Crippen LogP contribution in [0.2, 0.25) is 0 Å². The van der Waals surface area contributed by atoms with Crippen LogP contribution in [-0.4, -0.2) is 28.9 Å². The normalized spacial score (nSPS) is 18.1. The SMILES string of the molecule is O=C(NC(c1nccs1)C1CCCN(Cc2ccc(F)c(F)c2)C1)c1ccccc1. The molecule has 30 heavy (non-hydrogen) atoms. The van der Waals surface area contributed by atoms with Crippen molar-refractivity contribution in [3.63, 3.8) is 0 Å². The minimum Gasteiger partial charge on any atom is -0.342 e. The van der Waals surface area contributed by atoms with Gasteiger partial charge in [0, 0.05) is 30.2 Å². The van der Waals surface area contributed by atoms with Gasteiger partial charge in [0.15, 0.2) is 11.6 Å². The predicted octanol–water partition coefficient (Wildman–Crippen LogP) is 4.80. The van der Waals surface area contributed by atoms with Gasteiger partial charge in [0.25, 0.3) is 5.91 Å². The number of thiazole rings is 1. The summed E-state index contributed by atoms with van der Waals surface area (Å²) in [6.45, 7) is 2.18. The Balaban J connectivity index is 1.49. The molecule has 2 aromatic carbocycles. The number of benzene rings is 2. The van der Waals surface area contributed by atoms with Crippen molar-refractivity contribution in [1.29, 1.82) is 0 Å². The van der Waals surface area contributed by atoms with Crippen LogP contribution in [0.15, 0.2) is 60.1 Å². The minimum atomic E-state index is -0.831. The molecule has 3 aromatic rings. The van der Waals surface area contributed by atoms with Crippen molar-refractivity contribution in [2.75, 3.05) is 13.1 Å². The van der Waals surface area contributed by atoms with E-state index in [9.17, 15) is 13.6 Å². The van der Waals surface area contributed by atoms with Crippen LogP contribution in [-0.2, 0) is 6.54 Å². The van der Waals surface area contributed by atoms with E-state index >= 15 is 0 Å². The van der Waals surface area contributed by atoms with Crippen molar-refractivity contribution >= 4 is 17.2 Å². The van der Waals surface area contributed by atoms with Gasteiger partial charge in [-0.05, 0) is 55.1 Å². The number of aromatic nitrogens is 1. The first-order chi connectivity index (χ1) is 14.6. The molecule has 0 spiro atoms. The highest BCUT2D eigenvalue weighted by Gasteiger charge is 2.31. The van der Waals surface area contributed by atoms with E-state index in [1.54, 1.807) is 24.4 Å². The molecule has 2 unspecified atom stereocenters. The van der Waals surface area contributed by atoms with Crippen molar-refractivity contribution in [3.05, 3.63) is 87.9 Å². The predicted molar refractivity (Wildman–Crippen MR) is 113 cm³/mol.